The summed E-state index contributed by atoms with van der Waals surface area (Å²) in [5.74, 6) is -0.323. The van der Waals surface area contributed by atoms with E-state index in [1.54, 1.807) is 6.07 Å². The number of aliphatic hydroxyl groups excluding tert-OH is 1. The third kappa shape index (κ3) is 4.70. The standard InChI is InChI=1S/C20H17Br2N3O3/c21-17-8-14(16(11-26)19(22)20(17)28)9-24-25-18(27)10-23-15-6-5-12-3-1-2-4-13(12)7-15/h1-9,23,26,28H,10-11H2,(H,25,27)/b24-9+. The number of hydrogen-bond donors (Lipinski definition) is 4. The van der Waals surface area contributed by atoms with Crippen LogP contribution in [-0.2, 0) is 11.4 Å². The number of aliphatic hydroxyl groups is 1. The second-order valence-corrected chi connectivity index (χ2v) is 7.60. The van der Waals surface area contributed by atoms with Crippen LogP contribution >= 0.6 is 31.9 Å². The van der Waals surface area contributed by atoms with Crippen LogP contribution in [0.4, 0.5) is 5.69 Å². The minimum Gasteiger partial charge on any atom is -0.506 e. The van der Waals surface area contributed by atoms with E-state index >= 15 is 0 Å². The van der Waals surface area contributed by atoms with Crippen molar-refractivity contribution in [3.05, 3.63) is 68.6 Å². The molecule has 0 aliphatic rings. The summed E-state index contributed by atoms with van der Waals surface area (Å²) >= 11 is 6.46. The molecule has 0 aromatic heterocycles. The zero-order valence-corrected chi connectivity index (χ0v) is 17.8. The lowest BCUT2D eigenvalue weighted by Crippen LogP contribution is -2.25. The van der Waals surface area contributed by atoms with Crippen molar-refractivity contribution in [3.8, 4) is 5.75 Å². The highest BCUT2D eigenvalue weighted by atomic mass is 79.9. The van der Waals surface area contributed by atoms with Gasteiger partial charge in [0.05, 0.1) is 28.3 Å². The number of phenols is 1. The molecule has 0 spiro atoms. The Hall–Kier alpha value is -2.42. The number of phenolic OH excluding ortho intramolecular Hbond substituents is 1. The molecule has 144 valence electrons. The lowest BCUT2D eigenvalue weighted by molar-refractivity contribution is -0.119. The monoisotopic (exact) mass is 505 g/mol. The van der Waals surface area contributed by atoms with Gasteiger partial charge in [-0.25, -0.2) is 5.43 Å². The number of carbonyl (C=O) groups is 1. The van der Waals surface area contributed by atoms with Crippen molar-refractivity contribution in [2.75, 3.05) is 11.9 Å². The molecule has 0 saturated carbocycles. The van der Waals surface area contributed by atoms with Crippen LogP contribution in [0.3, 0.4) is 0 Å². The molecule has 0 aliphatic carbocycles. The third-order valence-electron chi connectivity index (χ3n) is 4.08. The largest absolute Gasteiger partial charge is 0.506 e. The van der Waals surface area contributed by atoms with E-state index in [2.05, 4.69) is 47.7 Å². The zero-order chi connectivity index (χ0) is 20.1. The molecule has 0 atom stereocenters. The number of aromatic hydroxyl groups is 1. The van der Waals surface area contributed by atoms with Crippen LogP contribution in [-0.4, -0.2) is 28.9 Å². The minimum atomic E-state index is -0.313. The van der Waals surface area contributed by atoms with Gasteiger partial charge in [0.25, 0.3) is 5.91 Å². The van der Waals surface area contributed by atoms with Crippen LogP contribution in [0.2, 0.25) is 0 Å². The average Bonchev–Trinajstić information content (AvgIpc) is 2.70. The second-order valence-electron chi connectivity index (χ2n) is 5.96. The Labute approximate surface area is 178 Å². The van der Waals surface area contributed by atoms with E-state index in [9.17, 15) is 15.0 Å². The quantitative estimate of drug-likeness (QED) is 0.299. The zero-order valence-electron chi connectivity index (χ0n) is 14.6. The SMILES string of the molecule is O=C(CNc1ccc2ccccc2c1)N/N=C/c1cc(Br)c(O)c(Br)c1CO. The molecular formula is C20H17Br2N3O3. The van der Waals surface area contributed by atoms with Crippen LogP contribution in [0.5, 0.6) is 5.75 Å². The van der Waals surface area contributed by atoms with E-state index in [1.807, 2.05) is 42.5 Å². The molecule has 6 nitrogen and oxygen atoms in total. The van der Waals surface area contributed by atoms with Gasteiger partial charge in [-0.3, -0.25) is 4.79 Å². The predicted molar refractivity (Wildman–Crippen MR) is 118 cm³/mol. The van der Waals surface area contributed by atoms with Crippen molar-refractivity contribution in [2.24, 2.45) is 5.10 Å². The molecule has 0 unspecified atom stereocenters. The summed E-state index contributed by atoms with van der Waals surface area (Å²) in [5.41, 5.74) is 4.30. The highest BCUT2D eigenvalue weighted by Crippen LogP contribution is 2.36. The fourth-order valence-corrected chi connectivity index (χ4v) is 3.92. The number of hydrogen-bond acceptors (Lipinski definition) is 5. The van der Waals surface area contributed by atoms with Gasteiger partial charge in [-0.2, -0.15) is 5.10 Å². The molecule has 0 aliphatic heterocycles. The lowest BCUT2D eigenvalue weighted by atomic mass is 10.1. The predicted octanol–water partition coefficient (Wildman–Crippen LogP) is 4.12. The molecule has 0 heterocycles. The van der Waals surface area contributed by atoms with Gasteiger partial charge >= 0.3 is 0 Å². The summed E-state index contributed by atoms with van der Waals surface area (Å²) in [6.07, 6.45) is 1.41. The van der Waals surface area contributed by atoms with Crippen LogP contribution in [0, 0.1) is 0 Å². The van der Waals surface area contributed by atoms with E-state index in [4.69, 9.17) is 0 Å². The summed E-state index contributed by atoms with van der Waals surface area (Å²) < 4.78 is 0.817. The number of hydrazone groups is 1. The van der Waals surface area contributed by atoms with Crippen molar-refractivity contribution >= 4 is 60.4 Å². The number of amides is 1. The summed E-state index contributed by atoms with van der Waals surface area (Å²) in [6, 6.07) is 15.5. The van der Waals surface area contributed by atoms with Gasteiger partial charge in [-0.1, -0.05) is 30.3 Å². The van der Waals surface area contributed by atoms with E-state index in [0.717, 1.165) is 16.5 Å². The van der Waals surface area contributed by atoms with Gasteiger partial charge < -0.3 is 15.5 Å². The maximum Gasteiger partial charge on any atom is 0.259 e. The van der Waals surface area contributed by atoms with Crippen molar-refractivity contribution in [1.82, 2.24) is 5.43 Å². The molecule has 0 fully saturated rings. The van der Waals surface area contributed by atoms with Crippen molar-refractivity contribution in [3.63, 3.8) is 0 Å². The number of rotatable bonds is 6. The summed E-state index contributed by atoms with van der Waals surface area (Å²) in [4.78, 5) is 12.0. The average molecular weight is 507 g/mol. The number of anilines is 1. The number of benzene rings is 3. The molecule has 3 aromatic carbocycles. The van der Waals surface area contributed by atoms with E-state index in [-0.39, 0.29) is 24.8 Å². The van der Waals surface area contributed by atoms with Gasteiger partial charge in [0, 0.05) is 16.8 Å². The van der Waals surface area contributed by atoms with E-state index < -0.39 is 0 Å². The van der Waals surface area contributed by atoms with Crippen LogP contribution in [0.1, 0.15) is 11.1 Å². The van der Waals surface area contributed by atoms with Gasteiger partial charge in [0.1, 0.15) is 5.75 Å². The number of fused-ring (bicyclic) bond motifs is 1. The maximum absolute atomic E-state index is 12.0. The van der Waals surface area contributed by atoms with Crippen LogP contribution < -0.4 is 10.7 Å². The fourth-order valence-electron chi connectivity index (χ4n) is 2.64. The van der Waals surface area contributed by atoms with Crippen molar-refractivity contribution < 1.29 is 15.0 Å². The maximum atomic E-state index is 12.0. The summed E-state index contributed by atoms with van der Waals surface area (Å²) in [5, 5.41) is 28.6. The number of nitrogens with zero attached hydrogens (tertiary/aromatic N) is 1. The number of halogens is 2. The molecule has 4 N–H and O–H groups in total. The third-order valence-corrected chi connectivity index (χ3v) is 5.54. The Morgan fingerprint density at radius 3 is 2.61 bits per heavy atom. The first-order chi connectivity index (χ1) is 13.5. The molecule has 8 heteroatoms. The van der Waals surface area contributed by atoms with Gasteiger partial charge in [-0.05, 0) is 60.8 Å². The molecule has 0 bridgehead atoms. The topological polar surface area (TPSA) is 94.0 Å². The Kier molecular flexibility index (Phi) is 6.66. The van der Waals surface area contributed by atoms with E-state index in [0.29, 0.717) is 20.1 Å². The Morgan fingerprint density at radius 1 is 1.11 bits per heavy atom. The molecule has 3 rings (SSSR count). The molecule has 0 saturated heterocycles. The Bertz CT molecular complexity index is 1050. The normalized spacial score (nSPS) is 11.1. The molecule has 3 aromatic rings. The highest BCUT2D eigenvalue weighted by Gasteiger charge is 2.13. The summed E-state index contributed by atoms with van der Waals surface area (Å²) in [7, 11) is 0. The molecule has 28 heavy (non-hydrogen) atoms. The first-order valence-electron chi connectivity index (χ1n) is 8.35. The van der Waals surface area contributed by atoms with Crippen molar-refractivity contribution in [1.29, 1.82) is 0 Å². The fraction of sp³-hybridized carbons (Fsp3) is 0.100. The van der Waals surface area contributed by atoms with Crippen LogP contribution in [0.25, 0.3) is 10.8 Å². The number of carbonyl (C=O) groups excluding carboxylic acids is 1. The second kappa shape index (κ2) is 9.18. The van der Waals surface area contributed by atoms with E-state index in [1.165, 1.54) is 6.21 Å². The molecular weight excluding hydrogens is 490 g/mol. The lowest BCUT2D eigenvalue weighted by Gasteiger charge is -2.09. The smallest absolute Gasteiger partial charge is 0.259 e. The van der Waals surface area contributed by atoms with Gasteiger partial charge in [0.2, 0.25) is 0 Å². The van der Waals surface area contributed by atoms with Crippen LogP contribution in [0.15, 0.2) is 62.6 Å². The minimum absolute atomic E-state index is 0.00943. The van der Waals surface area contributed by atoms with Crippen molar-refractivity contribution in [2.45, 2.75) is 6.61 Å². The van der Waals surface area contributed by atoms with Gasteiger partial charge in [-0.15, -0.1) is 0 Å². The van der Waals surface area contributed by atoms with Gasteiger partial charge in [0.15, 0.2) is 0 Å². The highest BCUT2D eigenvalue weighted by molar-refractivity contribution is 9.11. The number of nitrogens with one attached hydrogen (secondary N) is 2. The first-order valence-corrected chi connectivity index (χ1v) is 9.93. The Balaban J connectivity index is 1.61. The summed E-state index contributed by atoms with van der Waals surface area (Å²) in [6.45, 7) is -0.230. The molecule has 1 amide bonds. The molecule has 0 radical (unpaired) electrons. The Morgan fingerprint density at radius 2 is 1.86 bits per heavy atom. The first kappa shape index (κ1) is 20.3.